The highest BCUT2D eigenvalue weighted by molar-refractivity contribution is 6.06. The molecule has 2 amide bonds. The first-order chi connectivity index (χ1) is 14.2. The first-order valence-electron chi connectivity index (χ1n) is 9.33. The van der Waals surface area contributed by atoms with E-state index in [0.29, 0.717) is 17.0 Å². The van der Waals surface area contributed by atoms with Gasteiger partial charge in [-0.05, 0) is 48.4 Å². The molecule has 0 saturated heterocycles. The lowest BCUT2D eigenvalue weighted by Gasteiger charge is -2.05. The monoisotopic (exact) mass is 388 g/mol. The van der Waals surface area contributed by atoms with Crippen molar-refractivity contribution in [2.45, 2.75) is 19.9 Å². The molecule has 1 aromatic carbocycles. The molecule has 2 N–H and O–H groups in total. The van der Waals surface area contributed by atoms with Crippen LogP contribution in [0.1, 0.15) is 39.4 Å². The number of furan rings is 1. The number of fused-ring (bicyclic) bond motifs is 1. The summed E-state index contributed by atoms with van der Waals surface area (Å²) in [5.74, 6) is 0.00987. The number of amides is 2. The summed E-state index contributed by atoms with van der Waals surface area (Å²) in [7, 11) is 0. The SMILES string of the molecule is CCc1ccc(NC(=O)c2nc(C(=O)NCc3ccco3)c3ccccn23)cc1. The van der Waals surface area contributed by atoms with Gasteiger partial charge < -0.3 is 15.1 Å². The number of nitrogens with one attached hydrogen (secondary N) is 2. The van der Waals surface area contributed by atoms with Crippen molar-refractivity contribution in [2.24, 2.45) is 0 Å². The van der Waals surface area contributed by atoms with Crippen molar-refractivity contribution in [3.8, 4) is 0 Å². The van der Waals surface area contributed by atoms with Crippen molar-refractivity contribution < 1.29 is 14.0 Å². The van der Waals surface area contributed by atoms with Gasteiger partial charge in [-0.3, -0.25) is 14.0 Å². The van der Waals surface area contributed by atoms with Gasteiger partial charge in [0.25, 0.3) is 11.8 Å². The molecule has 146 valence electrons. The number of rotatable bonds is 6. The zero-order valence-corrected chi connectivity index (χ0v) is 15.9. The summed E-state index contributed by atoms with van der Waals surface area (Å²) in [6.07, 6.45) is 4.18. The van der Waals surface area contributed by atoms with E-state index in [2.05, 4.69) is 22.5 Å². The normalized spacial score (nSPS) is 10.8. The largest absolute Gasteiger partial charge is 0.467 e. The summed E-state index contributed by atoms with van der Waals surface area (Å²) in [4.78, 5) is 29.8. The molecule has 7 heteroatoms. The van der Waals surface area contributed by atoms with Gasteiger partial charge in [-0.25, -0.2) is 4.98 Å². The van der Waals surface area contributed by atoms with E-state index in [9.17, 15) is 9.59 Å². The summed E-state index contributed by atoms with van der Waals surface area (Å²) in [5, 5.41) is 5.61. The summed E-state index contributed by atoms with van der Waals surface area (Å²) in [6, 6.07) is 16.5. The first-order valence-corrected chi connectivity index (χ1v) is 9.33. The Labute approximate surface area is 167 Å². The van der Waals surface area contributed by atoms with Gasteiger partial charge in [0.15, 0.2) is 5.69 Å². The van der Waals surface area contributed by atoms with Crippen molar-refractivity contribution >= 4 is 23.0 Å². The van der Waals surface area contributed by atoms with E-state index in [1.807, 2.05) is 24.3 Å². The van der Waals surface area contributed by atoms with Crippen LogP contribution in [0, 0.1) is 0 Å². The van der Waals surface area contributed by atoms with E-state index in [1.54, 1.807) is 47.2 Å². The predicted octanol–water partition coefficient (Wildman–Crippen LogP) is 3.67. The van der Waals surface area contributed by atoms with E-state index in [0.717, 1.165) is 6.42 Å². The molecule has 0 aliphatic heterocycles. The molecule has 7 nitrogen and oxygen atoms in total. The Morgan fingerprint density at radius 2 is 1.86 bits per heavy atom. The van der Waals surface area contributed by atoms with Gasteiger partial charge in [0.1, 0.15) is 5.76 Å². The second-order valence-corrected chi connectivity index (χ2v) is 6.51. The van der Waals surface area contributed by atoms with Crippen LogP contribution in [0.15, 0.2) is 71.5 Å². The van der Waals surface area contributed by atoms with Gasteiger partial charge in [-0.2, -0.15) is 0 Å². The van der Waals surface area contributed by atoms with Crippen LogP contribution in [-0.2, 0) is 13.0 Å². The first kappa shape index (κ1) is 18.5. The molecule has 0 saturated carbocycles. The second kappa shape index (κ2) is 8.02. The van der Waals surface area contributed by atoms with Gasteiger partial charge in [-0.1, -0.05) is 25.1 Å². The maximum absolute atomic E-state index is 12.8. The lowest BCUT2D eigenvalue weighted by Crippen LogP contribution is -2.23. The molecule has 0 aliphatic carbocycles. The van der Waals surface area contributed by atoms with E-state index in [4.69, 9.17) is 4.42 Å². The summed E-state index contributed by atoms with van der Waals surface area (Å²) >= 11 is 0. The van der Waals surface area contributed by atoms with Crippen LogP contribution in [0.3, 0.4) is 0 Å². The fourth-order valence-electron chi connectivity index (χ4n) is 3.04. The third-order valence-electron chi connectivity index (χ3n) is 4.59. The third kappa shape index (κ3) is 3.89. The Hall–Kier alpha value is -3.87. The van der Waals surface area contributed by atoms with Crippen molar-refractivity contribution in [3.05, 3.63) is 89.9 Å². The number of aryl methyl sites for hydroxylation is 1. The number of carbonyl (C=O) groups is 2. The molecule has 0 bridgehead atoms. The lowest BCUT2D eigenvalue weighted by molar-refractivity contribution is 0.0945. The zero-order chi connectivity index (χ0) is 20.2. The third-order valence-corrected chi connectivity index (χ3v) is 4.59. The Bertz CT molecular complexity index is 1140. The molecule has 4 aromatic rings. The maximum atomic E-state index is 12.8. The van der Waals surface area contributed by atoms with Gasteiger partial charge in [0.05, 0.1) is 18.3 Å². The Balaban J connectivity index is 1.59. The van der Waals surface area contributed by atoms with Crippen molar-refractivity contribution in [1.29, 1.82) is 0 Å². The van der Waals surface area contributed by atoms with E-state index >= 15 is 0 Å². The summed E-state index contributed by atoms with van der Waals surface area (Å²) in [6.45, 7) is 2.31. The van der Waals surface area contributed by atoms with Crippen LogP contribution in [0.5, 0.6) is 0 Å². The highest BCUT2D eigenvalue weighted by atomic mass is 16.3. The minimum absolute atomic E-state index is 0.142. The topological polar surface area (TPSA) is 88.6 Å². The number of benzene rings is 1. The molecule has 4 rings (SSSR count). The molecule has 0 fully saturated rings. The smallest absolute Gasteiger partial charge is 0.292 e. The second-order valence-electron chi connectivity index (χ2n) is 6.51. The van der Waals surface area contributed by atoms with Crippen LogP contribution in [0.25, 0.3) is 5.52 Å². The molecule has 3 aromatic heterocycles. The highest BCUT2D eigenvalue weighted by Gasteiger charge is 2.21. The molecular weight excluding hydrogens is 368 g/mol. The zero-order valence-electron chi connectivity index (χ0n) is 15.9. The van der Waals surface area contributed by atoms with Gasteiger partial charge >= 0.3 is 0 Å². The number of hydrogen-bond acceptors (Lipinski definition) is 4. The quantitative estimate of drug-likeness (QED) is 0.527. The van der Waals surface area contributed by atoms with Crippen LogP contribution in [0.4, 0.5) is 5.69 Å². The minimum atomic E-state index is -0.388. The molecule has 0 radical (unpaired) electrons. The van der Waals surface area contributed by atoms with Crippen molar-refractivity contribution in [3.63, 3.8) is 0 Å². The lowest BCUT2D eigenvalue weighted by atomic mass is 10.1. The number of imidazole rings is 1. The van der Waals surface area contributed by atoms with Gasteiger partial charge in [-0.15, -0.1) is 0 Å². The van der Waals surface area contributed by atoms with Crippen LogP contribution < -0.4 is 10.6 Å². The average Bonchev–Trinajstić information content (AvgIpc) is 3.40. The summed E-state index contributed by atoms with van der Waals surface area (Å²) < 4.78 is 6.84. The van der Waals surface area contributed by atoms with E-state index in [-0.39, 0.29) is 29.9 Å². The molecule has 0 unspecified atom stereocenters. The molecule has 29 heavy (non-hydrogen) atoms. The molecule has 0 spiro atoms. The van der Waals surface area contributed by atoms with Crippen LogP contribution in [-0.4, -0.2) is 21.2 Å². The Morgan fingerprint density at radius 3 is 2.59 bits per heavy atom. The molecule has 0 atom stereocenters. The number of aromatic nitrogens is 2. The number of carbonyl (C=O) groups excluding carboxylic acids is 2. The maximum Gasteiger partial charge on any atom is 0.292 e. The van der Waals surface area contributed by atoms with Crippen LogP contribution >= 0.6 is 0 Å². The summed E-state index contributed by atoms with van der Waals surface area (Å²) in [5.41, 5.74) is 2.59. The number of nitrogens with zero attached hydrogens (tertiary/aromatic N) is 2. The Kier molecular flexibility index (Phi) is 5.11. The standard InChI is InChI=1S/C22H20N4O3/c1-2-15-8-10-16(11-9-15)24-22(28)20-25-19(18-7-3-4-12-26(18)20)21(27)23-14-17-6-5-13-29-17/h3-13H,2,14H2,1H3,(H,23,27)(H,24,28). The van der Waals surface area contributed by atoms with Gasteiger partial charge in [0.2, 0.25) is 5.82 Å². The fraction of sp³-hybridized carbons (Fsp3) is 0.136. The van der Waals surface area contributed by atoms with E-state index in [1.165, 1.54) is 5.56 Å². The average molecular weight is 388 g/mol. The number of hydrogen-bond donors (Lipinski definition) is 2. The number of anilines is 1. The van der Waals surface area contributed by atoms with Gasteiger partial charge in [0, 0.05) is 11.9 Å². The van der Waals surface area contributed by atoms with Crippen molar-refractivity contribution in [1.82, 2.24) is 14.7 Å². The number of pyridine rings is 1. The van der Waals surface area contributed by atoms with E-state index < -0.39 is 0 Å². The molecule has 0 aliphatic rings. The highest BCUT2D eigenvalue weighted by Crippen LogP contribution is 2.16. The molecule has 3 heterocycles. The van der Waals surface area contributed by atoms with Crippen molar-refractivity contribution in [2.75, 3.05) is 5.32 Å². The molecular formula is C22H20N4O3. The van der Waals surface area contributed by atoms with Crippen LogP contribution in [0.2, 0.25) is 0 Å². The Morgan fingerprint density at radius 1 is 1.03 bits per heavy atom. The fourth-order valence-corrected chi connectivity index (χ4v) is 3.04. The minimum Gasteiger partial charge on any atom is -0.467 e. The predicted molar refractivity (Wildman–Crippen MR) is 109 cm³/mol.